The van der Waals surface area contributed by atoms with Crippen LogP contribution in [0.15, 0.2) is 133 Å². The van der Waals surface area contributed by atoms with Crippen LogP contribution in [-0.2, 0) is 24.6 Å². The average molecular weight is 790 g/mol. The van der Waals surface area contributed by atoms with Crippen molar-refractivity contribution in [2.75, 3.05) is 14.1 Å². The maximum Gasteiger partial charge on any atom is 0.245 e. The van der Waals surface area contributed by atoms with Crippen molar-refractivity contribution in [1.29, 1.82) is 0 Å². The second-order valence-corrected chi connectivity index (χ2v) is 20.2. The number of rotatable bonds is 14. The second kappa shape index (κ2) is 20.5. The summed E-state index contributed by atoms with van der Waals surface area (Å²) in [7, 11) is 3.49. The van der Waals surface area contributed by atoms with Gasteiger partial charge < -0.3 is 15.5 Å². The van der Waals surface area contributed by atoms with Crippen LogP contribution in [0.5, 0.6) is 0 Å². The van der Waals surface area contributed by atoms with Crippen molar-refractivity contribution in [2.24, 2.45) is 11.3 Å². The fourth-order valence-electron chi connectivity index (χ4n) is 7.36. The first kappa shape index (κ1) is 46.5. The number of ketones is 1. The van der Waals surface area contributed by atoms with E-state index in [1.54, 1.807) is 32.8 Å². The minimum atomic E-state index is -2.13. The number of nitrogens with one attached hydrogen (secondary N) is 2. The highest BCUT2D eigenvalue weighted by Gasteiger charge is 2.41. The molecule has 3 atom stereocenters. The van der Waals surface area contributed by atoms with Crippen LogP contribution in [0.3, 0.4) is 0 Å². The van der Waals surface area contributed by atoms with Gasteiger partial charge in [-0.3, -0.25) is 19.2 Å². The lowest BCUT2D eigenvalue weighted by atomic mass is 9.76. The molecule has 2 amide bonds. The highest BCUT2D eigenvalue weighted by atomic mass is 31.2. The number of likely N-dealkylation sites (N-methyl/N-ethyl adjacent to an activating group) is 2. The molecule has 304 valence electrons. The molecule has 8 heteroatoms. The van der Waals surface area contributed by atoms with Gasteiger partial charge in [-0.1, -0.05) is 176 Å². The molecular formula is C49H64N3O4P. The molecule has 0 aliphatic rings. The number of nitrogens with zero attached hydrogens (tertiary/aromatic N) is 1. The average Bonchev–Trinajstić information content (AvgIpc) is 3.20. The Kier molecular flexibility index (Phi) is 16.8. The zero-order valence-electron chi connectivity index (χ0n) is 36.0. The zero-order chi connectivity index (χ0) is 42.6. The van der Waals surface area contributed by atoms with Gasteiger partial charge in [0.25, 0.3) is 0 Å². The molecule has 0 aromatic heterocycles. The number of hydrogen-bond acceptors (Lipinski definition) is 5. The second-order valence-electron chi connectivity index (χ2n) is 16.6. The van der Waals surface area contributed by atoms with Gasteiger partial charge in [0.1, 0.15) is 12.3 Å². The molecule has 0 saturated carbocycles. The van der Waals surface area contributed by atoms with Crippen LogP contribution in [0.2, 0.25) is 0 Å². The van der Waals surface area contributed by atoms with E-state index in [0.29, 0.717) is 5.57 Å². The van der Waals surface area contributed by atoms with E-state index in [0.717, 1.165) is 17.1 Å². The lowest BCUT2D eigenvalue weighted by molar-refractivity contribution is -0.140. The number of carbonyl (C=O) groups is 4. The van der Waals surface area contributed by atoms with Crippen molar-refractivity contribution >= 4 is 52.0 Å². The predicted molar refractivity (Wildman–Crippen MR) is 241 cm³/mol. The van der Waals surface area contributed by atoms with Crippen LogP contribution in [0.4, 0.5) is 0 Å². The monoisotopic (exact) mass is 789 g/mol. The molecule has 0 heterocycles. The number of Topliss-reactive ketones (excluding diaryl/α,β-unsaturated/α-hetero) is 1. The first-order valence-corrected chi connectivity index (χ1v) is 21.5. The van der Waals surface area contributed by atoms with Gasteiger partial charge in [0.2, 0.25) is 11.8 Å². The fourth-order valence-corrected chi connectivity index (χ4v) is 11.7. The largest absolute Gasteiger partial charge is 0.342 e. The molecule has 0 bridgehead atoms. The topological polar surface area (TPSA) is 95.6 Å². The van der Waals surface area contributed by atoms with Crippen molar-refractivity contribution in [1.82, 2.24) is 15.5 Å². The van der Waals surface area contributed by atoms with E-state index in [-0.39, 0.29) is 29.6 Å². The van der Waals surface area contributed by atoms with E-state index in [4.69, 9.17) is 0 Å². The molecule has 0 radical (unpaired) electrons. The van der Waals surface area contributed by atoms with E-state index in [2.05, 4.69) is 83.4 Å². The number of carbonyl (C=O) groups excluding carboxylic acids is 4. The predicted octanol–water partition coefficient (Wildman–Crippen LogP) is 7.47. The molecule has 7 nitrogen and oxygen atoms in total. The summed E-state index contributed by atoms with van der Waals surface area (Å²) in [5.41, 5.74) is 0.595. The smallest absolute Gasteiger partial charge is 0.245 e. The molecule has 4 aromatic rings. The first-order chi connectivity index (χ1) is 26.8. The van der Waals surface area contributed by atoms with E-state index in [9.17, 15) is 19.2 Å². The van der Waals surface area contributed by atoms with Gasteiger partial charge in [0.05, 0.1) is 12.1 Å². The Bertz CT molecular complexity index is 1920. The van der Waals surface area contributed by atoms with Gasteiger partial charge in [-0.2, -0.15) is 0 Å². The van der Waals surface area contributed by atoms with E-state index in [1.165, 1.54) is 15.9 Å². The molecule has 0 aliphatic heterocycles. The number of hydrogen-bond donors (Lipinski definition) is 2. The molecule has 2 N–H and O–H groups in total. The summed E-state index contributed by atoms with van der Waals surface area (Å²) < 4.78 is 0. The highest BCUT2D eigenvalue weighted by Crippen LogP contribution is 2.46. The van der Waals surface area contributed by atoms with Crippen LogP contribution in [0, 0.1) is 11.3 Å². The van der Waals surface area contributed by atoms with Gasteiger partial charge in [0.15, 0.2) is 5.78 Å². The maximum atomic E-state index is 13.6. The van der Waals surface area contributed by atoms with Gasteiger partial charge in [-0.05, 0) is 73.1 Å². The number of aldehydes is 1. The van der Waals surface area contributed by atoms with E-state index >= 15 is 0 Å². The Hall–Kier alpha value is -4.84. The molecule has 4 aromatic carbocycles. The molecule has 0 saturated heterocycles. The summed E-state index contributed by atoms with van der Waals surface area (Å²) in [6, 6.07) is 39.7. The molecule has 0 unspecified atom stereocenters. The summed E-state index contributed by atoms with van der Waals surface area (Å²) in [5.74, 6) is -0.155. The first-order valence-electron chi connectivity index (χ1n) is 19.7. The molecule has 57 heavy (non-hydrogen) atoms. The lowest BCUT2D eigenvalue weighted by Gasteiger charge is -2.39. The Balaban J connectivity index is 0.000000319. The lowest BCUT2D eigenvalue weighted by Crippen LogP contribution is -2.61. The van der Waals surface area contributed by atoms with Crippen molar-refractivity contribution in [3.63, 3.8) is 0 Å². The quantitative estimate of drug-likeness (QED) is 0.0786. The minimum absolute atomic E-state index is 0.104. The van der Waals surface area contributed by atoms with Crippen LogP contribution >= 0.6 is 6.89 Å². The fraction of sp³-hybridized carbons (Fsp3) is 0.367. The summed E-state index contributed by atoms with van der Waals surface area (Å²) >= 11 is 0. The highest BCUT2D eigenvalue weighted by molar-refractivity contribution is 7.96. The Morgan fingerprint density at radius 1 is 0.667 bits per heavy atom. The van der Waals surface area contributed by atoms with Gasteiger partial charge in [-0.15, -0.1) is 0 Å². The molecule has 0 aliphatic carbocycles. The third-order valence-electron chi connectivity index (χ3n) is 10.7. The maximum absolute atomic E-state index is 13.6. The third-order valence-corrected chi connectivity index (χ3v) is 15.3. The van der Waals surface area contributed by atoms with Crippen LogP contribution in [0.25, 0.3) is 0 Å². The molecular weight excluding hydrogens is 726 g/mol. The van der Waals surface area contributed by atoms with Gasteiger partial charge in [0, 0.05) is 17.8 Å². The van der Waals surface area contributed by atoms with Crippen molar-refractivity contribution in [3.05, 3.63) is 139 Å². The van der Waals surface area contributed by atoms with Gasteiger partial charge in [-0.25, -0.2) is 0 Å². The Morgan fingerprint density at radius 3 is 1.40 bits per heavy atom. The third kappa shape index (κ3) is 11.2. The van der Waals surface area contributed by atoms with Crippen molar-refractivity contribution in [2.45, 2.75) is 92.8 Å². The molecule has 0 spiro atoms. The molecule has 4 rings (SSSR count). The Labute approximate surface area is 342 Å². The van der Waals surface area contributed by atoms with Crippen LogP contribution in [0.1, 0.15) is 74.8 Å². The SMILES string of the molecule is CC(=O)C(C)=P(c1ccccc1)(c1ccccc1)c1ccccc1.CN[C@H](C(=O)N[C@H](C(=O)N(C)[C@H](/C=C(\C)C=O)C(C)C)C(C)(C)C)C(C)(C)c1ccccc1. The standard InChI is InChI=1S/C27H43N3O3.C22H21OP/c1-18(2)21(16-19(3)17-31)30(10)25(33)23(26(4,5)6)29-24(32)22(28-9)27(7,8)20-14-12-11-13-15-20;1-18(23)19(2)24(20-12-6-3-7-13-20,21-14-8-4-9-15-21)22-16-10-5-11-17-22/h11-18,21-23,28H,1-10H3,(H,29,32);3-17H,1-2H3/b19-16+;/t21-,22-,23-;/m1./s1. The van der Waals surface area contributed by atoms with Crippen LogP contribution in [-0.4, -0.2) is 66.3 Å². The van der Waals surface area contributed by atoms with Crippen LogP contribution < -0.4 is 26.5 Å². The zero-order valence-corrected chi connectivity index (χ0v) is 36.9. The molecule has 0 fully saturated rings. The summed E-state index contributed by atoms with van der Waals surface area (Å²) in [6.07, 6.45) is 2.60. The van der Waals surface area contributed by atoms with E-state index in [1.807, 2.05) is 110 Å². The summed E-state index contributed by atoms with van der Waals surface area (Å²) in [4.78, 5) is 52.5. The number of benzene rings is 4. The summed E-state index contributed by atoms with van der Waals surface area (Å²) in [6.45, 7) is 17.2. The summed E-state index contributed by atoms with van der Waals surface area (Å²) in [5, 5.41) is 10.8. The van der Waals surface area contributed by atoms with E-state index < -0.39 is 29.8 Å². The Morgan fingerprint density at radius 2 is 1.07 bits per heavy atom. The van der Waals surface area contributed by atoms with Crippen molar-refractivity contribution < 1.29 is 19.2 Å². The number of amides is 2. The normalized spacial score (nSPS) is 13.7. The minimum Gasteiger partial charge on any atom is -0.342 e. The van der Waals surface area contributed by atoms with Gasteiger partial charge >= 0.3 is 0 Å². The van der Waals surface area contributed by atoms with Crippen molar-refractivity contribution in [3.8, 4) is 0 Å². The number of allylic oxidation sites excluding steroid dienone is 1.